The van der Waals surface area contributed by atoms with Crippen molar-refractivity contribution in [2.24, 2.45) is 0 Å². The number of hydrogen-bond acceptors (Lipinski definition) is 3. The van der Waals surface area contributed by atoms with Crippen molar-refractivity contribution in [3.8, 4) is 6.07 Å². The zero-order valence-electron chi connectivity index (χ0n) is 9.97. The molecule has 2 aromatic carbocycles. The molecule has 3 nitrogen and oxygen atoms in total. The van der Waals surface area contributed by atoms with E-state index < -0.39 is 5.97 Å². The van der Waals surface area contributed by atoms with Crippen LogP contribution in [0.4, 0.5) is 0 Å². The molecule has 0 radical (unpaired) electrons. The van der Waals surface area contributed by atoms with Crippen LogP contribution in [0.15, 0.2) is 53.0 Å². The van der Waals surface area contributed by atoms with Crippen LogP contribution in [0.2, 0.25) is 0 Å². The van der Waals surface area contributed by atoms with Gasteiger partial charge in [0.25, 0.3) is 0 Å². The van der Waals surface area contributed by atoms with Crippen molar-refractivity contribution in [3.05, 3.63) is 69.7 Å². The van der Waals surface area contributed by atoms with E-state index in [4.69, 9.17) is 10.00 Å². The number of carbonyl (C=O) groups excluding carboxylic acids is 1. The normalized spacial score (nSPS) is 9.68. The maximum Gasteiger partial charge on any atom is 0.338 e. The molecule has 2 aromatic rings. The number of rotatable bonds is 3. The fourth-order valence-electron chi connectivity index (χ4n) is 1.56. The van der Waals surface area contributed by atoms with Gasteiger partial charge in [-0.05, 0) is 24.3 Å². The van der Waals surface area contributed by atoms with E-state index in [1.807, 2.05) is 30.3 Å². The summed E-state index contributed by atoms with van der Waals surface area (Å²) in [4.78, 5) is 11.9. The van der Waals surface area contributed by atoms with Crippen LogP contribution in [0.25, 0.3) is 0 Å². The van der Waals surface area contributed by atoms with Gasteiger partial charge in [0.2, 0.25) is 0 Å². The summed E-state index contributed by atoms with van der Waals surface area (Å²) in [6, 6.07) is 16.0. The predicted octanol–water partition coefficient (Wildman–Crippen LogP) is 3.68. The number of carbonyl (C=O) groups is 1. The first-order valence-corrected chi connectivity index (χ1v) is 6.40. The lowest BCUT2D eigenvalue weighted by Crippen LogP contribution is -2.05. The molecule has 0 saturated heterocycles. The van der Waals surface area contributed by atoms with Gasteiger partial charge in [-0.1, -0.05) is 40.2 Å². The molecule has 0 atom stereocenters. The summed E-state index contributed by atoms with van der Waals surface area (Å²) in [5.41, 5.74) is 1.72. The second kappa shape index (κ2) is 6.17. The first kappa shape index (κ1) is 13.3. The fraction of sp³-hybridized carbons (Fsp3) is 0.0667. The quantitative estimate of drug-likeness (QED) is 0.812. The Hall–Kier alpha value is -2.12. The maximum absolute atomic E-state index is 11.9. The lowest BCUT2D eigenvalue weighted by Gasteiger charge is -2.06. The van der Waals surface area contributed by atoms with Gasteiger partial charge in [-0.3, -0.25) is 0 Å². The molecule has 0 unspecified atom stereocenters. The minimum Gasteiger partial charge on any atom is -0.457 e. The van der Waals surface area contributed by atoms with Crippen LogP contribution in [0.3, 0.4) is 0 Å². The van der Waals surface area contributed by atoms with E-state index in [0.717, 1.165) is 10.0 Å². The van der Waals surface area contributed by atoms with Gasteiger partial charge in [-0.2, -0.15) is 5.26 Å². The summed E-state index contributed by atoms with van der Waals surface area (Å²) < 4.78 is 6.11. The number of nitriles is 1. The minimum absolute atomic E-state index is 0.192. The van der Waals surface area contributed by atoms with E-state index in [2.05, 4.69) is 15.9 Å². The first-order valence-electron chi connectivity index (χ1n) is 5.61. The Bertz CT molecular complexity index is 647. The average Bonchev–Trinajstić information content (AvgIpc) is 2.46. The third-order valence-corrected chi connectivity index (χ3v) is 3.32. The smallest absolute Gasteiger partial charge is 0.338 e. The zero-order valence-corrected chi connectivity index (χ0v) is 11.6. The van der Waals surface area contributed by atoms with Crippen molar-refractivity contribution in [2.75, 3.05) is 0 Å². The van der Waals surface area contributed by atoms with E-state index in [0.29, 0.717) is 11.1 Å². The van der Waals surface area contributed by atoms with E-state index in [1.54, 1.807) is 18.2 Å². The topological polar surface area (TPSA) is 50.1 Å². The summed E-state index contributed by atoms with van der Waals surface area (Å²) in [5, 5.41) is 8.78. The molecule has 0 heterocycles. The largest absolute Gasteiger partial charge is 0.457 e. The highest BCUT2D eigenvalue weighted by molar-refractivity contribution is 9.10. The van der Waals surface area contributed by atoms with Crippen molar-refractivity contribution < 1.29 is 9.53 Å². The summed E-state index contributed by atoms with van der Waals surface area (Å²) in [6.45, 7) is 0.192. The third kappa shape index (κ3) is 3.43. The van der Waals surface area contributed by atoms with E-state index in [1.165, 1.54) is 6.07 Å². The lowest BCUT2D eigenvalue weighted by atomic mass is 10.1. The number of benzene rings is 2. The van der Waals surface area contributed by atoms with Crippen LogP contribution in [-0.4, -0.2) is 5.97 Å². The Balaban J connectivity index is 2.06. The van der Waals surface area contributed by atoms with Gasteiger partial charge in [0.15, 0.2) is 0 Å². The van der Waals surface area contributed by atoms with Gasteiger partial charge in [-0.15, -0.1) is 0 Å². The molecule has 4 heteroatoms. The van der Waals surface area contributed by atoms with Gasteiger partial charge in [0, 0.05) is 10.0 Å². The first-order chi connectivity index (χ1) is 9.20. The van der Waals surface area contributed by atoms with Gasteiger partial charge in [0.05, 0.1) is 17.2 Å². The minimum atomic E-state index is -0.437. The summed E-state index contributed by atoms with van der Waals surface area (Å²) in [7, 11) is 0. The van der Waals surface area contributed by atoms with E-state index in [-0.39, 0.29) is 6.61 Å². The highest BCUT2D eigenvalue weighted by atomic mass is 79.9. The number of halogens is 1. The molecule has 2 rings (SSSR count). The summed E-state index contributed by atoms with van der Waals surface area (Å²) >= 11 is 3.39. The molecular formula is C15H10BrNO2. The molecule has 0 aliphatic heterocycles. The standard InChI is InChI=1S/C15H10BrNO2/c16-14-7-2-1-5-13(14)10-19-15(18)12-6-3-4-11(8-12)9-17/h1-8H,10H2. The Kier molecular flexibility index (Phi) is 4.32. The Labute approximate surface area is 119 Å². The Morgan fingerprint density at radius 3 is 2.74 bits per heavy atom. The van der Waals surface area contributed by atoms with Crippen molar-refractivity contribution in [3.63, 3.8) is 0 Å². The van der Waals surface area contributed by atoms with Gasteiger partial charge >= 0.3 is 5.97 Å². The van der Waals surface area contributed by atoms with Crippen LogP contribution in [-0.2, 0) is 11.3 Å². The molecule has 0 spiro atoms. The fourth-order valence-corrected chi connectivity index (χ4v) is 1.96. The Morgan fingerprint density at radius 1 is 1.21 bits per heavy atom. The summed E-state index contributed by atoms with van der Waals surface area (Å²) in [6.07, 6.45) is 0. The van der Waals surface area contributed by atoms with Crippen LogP contribution in [0.1, 0.15) is 21.5 Å². The van der Waals surface area contributed by atoms with Gasteiger partial charge in [-0.25, -0.2) is 4.79 Å². The van der Waals surface area contributed by atoms with E-state index in [9.17, 15) is 4.79 Å². The van der Waals surface area contributed by atoms with Crippen molar-refractivity contribution in [2.45, 2.75) is 6.61 Å². The molecule has 0 saturated carbocycles. The second-order valence-electron chi connectivity index (χ2n) is 3.86. The molecule has 0 fully saturated rings. The van der Waals surface area contributed by atoms with E-state index >= 15 is 0 Å². The molecule has 0 aliphatic carbocycles. The van der Waals surface area contributed by atoms with Crippen LogP contribution in [0.5, 0.6) is 0 Å². The van der Waals surface area contributed by atoms with Crippen molar-refractivity contribution in [1.82, 2.24) is 0 Å². The number of esters is 1. The second-order valence-corrected chi connectivity index (χ2v) is 4.71. The van der Waals surface area contributed by atoms with Crippen LogP contribution in [0, 0.1) is 11.3 Å². The molecule has 0 aromatic heterocycles. The number of hydrogen-bond donors (Lipinski definition) is 0. The van der Waals surface area contributed by atoms with Gasteiger partial charge in [0.1, 0.15) is 6.61 Å². The highest BCUT2D eigenvalue weighted by Gasteiger charge is 2.09. The van der Waals surface area contributed by atoms with Crippen LogP contribution < -0.4 is 0 Å². The van der Waals surface area contributed by atoms with Crippen molar-refractivity contribution >= 4 is 21.9 Å². The predicted molar refractivity (Wildman–Crippen MR) is 74.4 cm³/mol. The molecular weight excluding hydrogens is 306 g/mol. The average molecular weight is 316 g/mol. The third-order valence-electron chi connectivity index (χ3n) is 2.54. The molecule has 94 valence electrons. The number of ether oxygens (including phenoxy) is 1. The SMILES string of the molecule is N#Cc1cccc(C(=O)OCc2ccccc2Br)c1. The lowest BCUT2D eigenvalue weighted by molar-refractivity contribution is 0.0472. The zero-order chi connectivity index (χ0) is 13.7. The van der Waals surface area contributed by atoms with Gasteiger partial charge < -0.3 is 4.74 Å². The monoisotopic (exact) mass is 315 g/mol. The van der Waals surface area contributed by atoms with Crippen molar-refractivity contribution in [1.29, 1.82) is 5.26 Å². The summed E-state index contributed by atoms with van der Waals surface area (Å²) in [5.74, 6) is -0.437. The molecule has 19 heavy (non-hydrogen) atoms. The molecule has 0 amide bonds. The maximum atomic E-state index is 11.9. The molecule has 0 aliphatic rings. The Morgan fingerprint density at radius 2 is 2.00 bits per heavy atom. The molecule has 0 bridgehead atoms. The molecule has 0 N–H and O–H groups in total. The highest BCUT2D eigenvalue weighted by Crippen LogP contribution is 2.17. The van der Waals surface area contributed by atoms with Crippen LogP contribution >= 0.6 is 15.9 Å². The number of nitrogens with zero attached hydrogens (tertiary/aromatic N) is 1.